The Morgan fingerprint density at radius 1 is 1.12 bits per heavy atom. The molecule has 1 amide bonds. The predicted octanol–water partition coefficient (Wildman–Crippen LogP) is 3.30. The molecule has 0 aromatic heterocycles. The number of hydrogen-bond acceptors (Lipinski definition) is 5. The van der Waals surface area contributed by atoms with E-state index in [0.717, 1.165) is 4.47 Å². The van der Waals surface area contributed by atoms with Gasteiger partial charge in [-0.1, -0.05) is 15.9 Å². The van der Waals surface area contributed by atoms with Gasteiger partial charge in [0.25, 0.3) is 5.91 Å². The van der Waals surface area contributed by atoms with Gasteiger partial charge in [-0.25, -0.2) is 0 Å². The highest BCUT2D eigenvalue weighted by Crippen LogP contribution is 2.29. The monoisotopic (exact) mass is 393 g/mol. The Bertz CT molecular complexity index is 748. The van der Waals surface area contributed by atoms with Crippen LogP contribution in [0.4, 0.5) is 5.69 Å². The summed E-state index contributed by atoms with van der Waals surface area (Å²) in [6.45, 7) is -0.238. The van der Waals surface area contributed by atoms with Crippen molar-refractivity contribution in [3.8, 4) is 17.2 Å². The molecule has 0 saturated carbocycles. The van der Waals surface area contributed by atoms with E-state index >= 15 is 0 Å². The molecule has 0 aliphatic carbocycles. The molecule has 24 heavy (non-hydrogen) atoms. The Kier molecular flexibility index (Phi) is 6.20. The fourth-order valence-corrected chi connectivity index (χ4v) is 2.35. The number of ether oxygens (including phenoxy) is 3. The van der Waals surface area contributed by atoms with Gasteiger partial charge in [0.2, 0.25) is 0 Å². The number of amides is 1. The van der Waals surface area contributed by atoms with Gasteiger partial charge in [-0.2, -0.15) is 0 Å². The molecule has 0 radical (unpaired) electrons. The van der Waals surface area contributed by atoms with Crippen LogP contribution in [0.3, 0.4) is 0 Å². The van der Waals surface area contributed by atoms with Crippen LogP contribution in [0.5, 0.6) is 17.2 Å². The molecule has 126 valence electrons. The minimum absolute atomic E-state index is 0.238. The zero-order valence-electron chi connectivity index (χ0n) is 13.2. The summed E-state index contributed by atoms with van der Waals surface area (Å²) in [4.78, 5) is 23.1. The van der Waals surface area contributed by atoms with E-state index in [4.69, 9.17) is 14.2 Å². The number of carbonyl (C=O) groups excluding carboxylic acids is 2. The van der Waals surface area contributed by atoms with E-state index in [2.05, 4.69) is 21.2 Å². The average Bonchev–Trinajstić information content (AvgIpc) is 2.60. The number of methoxy groups -OCH3 is 2. The van der Waals surface area contributed by atoms with Crippen molar-refractivity contribution < 1.29 is 23.8 Å². The van der Waals surface area contributed by atoms with E-state index in [0.29, 0.717) is 34.8 Å². The molecule has 0 bridgehead atoms. The van der Waals surface area contributed by atoms with Crippen LogP contribution >= 0.6 is 15.9 Å². The number of nitrogens with one attached hydrogen (secondary N) is 1. The zero-order chi connectivity index (χ0) is 17.5. The van der Waals surface area contributed by atoms with Crippen LogP contribution < -0.4 is 19.5 Å². The van der Waals surface area contributed by atoms with Gasteiger partial charge in [-0.05, 0) is 30.3 Å². The van der Waals surface area contributed by atoms with Crippen LogP contribution in [0, 0.1) is 0 Å². The Hall–Kier alpha value is -2.54. The van der Waals surface area contributed by atoms with Crippen molar-refractivity contribution in [2.75, 3.05) is 26.1 Å². The zero-order valence-corrected chi connectivity index (χ0v) is 14.8. The van der Waals surface area contributed by atoms with Gasteiger partial charge in [0.1, 0.15) is 17.2 Å². The van der Waals surface area contributed by atoms with Crippen molar-refractivity contribution in [3.63, 3.8) is 0 Å². The quantitative estimate of drug-likeness (QED) is 0.730. The summed E-state index contributed by atoms with van der Waals surface area (Å²) in [6, 6.07) is 10.0. The molecule has 0 aliphatic heterocycles. The first kappa shape index (κ1) is 17.8. The second-order valence-corrected chi connectivity index (χ2v) is 5.62. The first-order valence-electron chi connectivity index (χ1n) is 6.96. The molecular weight excluding hydrogens is 378 g/mol. The molecule has 0 unspecified atom stereocenters. The maximum absolute atomic E-state index is 12.1. The number of benzene rings is 2. The topological polar surface area (TPSA) is 73.9 Å². The van der Waals surface area contributed by atoms with Gasteiger partial charge >= 0.3 is 0 Å². The molecule has 0 spiro atoms. The maximum atomic E-state index is 12.1. The normalized spacial score (nSPS) is 9.96. The van der Waals surface area contributed by atoms with Gasteiger partial charge in [0.15, 0.2) is 12.9 Å². The van der Waals surface area contributed by atoms with Gasteiger partial charge in [0.05, 0.1) is 25.5 Å². The number of anilines is 1. The standard InChI is InChI=1S/C17H16BrNO5/c1-22-13-4-5-14(16(8-13)23-2)19-17(21)10-24-15-6-3-12(18)7-11(15)9-20/h3-9H,10H2,1-2H3,(H,19,21). The largest absolute Gasteiger partial charge is 0.497 e. The molecule has 7 heteroatoms. The van der Waals surface area contributed by atoms with E-state index in [9.17, 15) is 9.59 Å². The van der Waals surface area contributed by atoms with Crippen molar-refractivity contribution in [1.29, 1.82) is 0 Å². The van der Waals surface area contributed by atoms with Crippen LogP contribution in [-0.4, -0.2) is 33.0 Å². The van der Waals surface area contributed by atoms with Crippen LogP contribution in [0.25, 0.3) is 0 Å². The molecule has 0 fully saturated rings. The first-order valence-corrected chi connectivity index (χ1v) is 7.76. The average molecular weight is 394 g/mol. The number of hydrogen-bond donors (Lipinski definition) is 1. The highest BCUT2D eigenvalue weighted by Gasteiger charge is 2.11. The molecule has 0 atom stereocenters. The van der Waals surface area contributed by atoms with Crippen LogP contribution in [-0.2, 0) is 4.79 Å². The Balaban J connectivity index is 2.03. The third-order valence-electron chi connectivity index (χ3n) is 3.14. The molecule has 2 aromatic carbocycles. The summed E-state index contributed by atoms with van der Waals surface area (Å²) in [5.41, 5.74) is 0.859. The smallest absolute Gasteiger partial charge is 0.262 e. The van der Waals surface area contributed by atoms with Crippen LogP contribution in [0.2, 0.25) is 0 Å². The lowest BCUT2D eigenvalue weighted by Gasteiger charge is -2.12. The lowest BCUT2D eigenvalue weighted by molar-refractivity contribution is -0.118. The molecule has 2 aromatic rings. The molecule has 0 heterocycles. The van der Waals surface area contributed by atoms with Gasteiger partial charge in [-0.15, -0.1) is 0 Å². The van der Waals surface area contributed by atoms with Crippen molar-refractivity contribution in [1.82, 2.24) is 0 Å². The summed E-state index contributed by atoms with van der Waals surface area (Å²) in [7, 11) is 3.04. The molecule has 0 saturated heterocycles. The van der Waals surface area contributed by atoms with E-state index in [1.165, 1.54) is 7.11 Å². The second kappa shape index (κ2) is 8.35. The van der Waals surface area contributed by atoms with E-state index in [1.807, 2.05) is 0 Å². The summed E-state index contributed by atoms with van der Waals surface area (Å²) in [5.74, 6) is 1.05. The van der Waals surface area contributed by atoms with Crippen molar-refractivity contribution in [2.45, 2.75) is 0 Å². The van der Waals surface area contributed by atoms with E-state index in [-0.39, 0.29) is 12.5 Å². The number of aldehydes is 1. The highest BCUT2D eigenvalue weighted by atomic mass is 79.9. The van der Waals surface area contributed by atoms with Gasteiger partial charge < -0.3 is 19.5 Å². The van der Waals surface area contributed by atoms with Gasteiger partial charge in [0, 0.05) is 10.5 Å². The number of halogens is 1. The Labute approximate surface area is 147 Å². The molecule has 1 N–H and O–H groups in total. The third kappa shape index (κ3) is 4.48. The lowest BCUT2D eigenvalue weighted by Crippen LogP contribution is -2.20. The molecule has 2 rings (SSSR count). The van der Waals surface area contributed by atoms with E-state index in [1.54, 1.807) is 43.5 Å². The first-order chi connectivity index (χ1) is 11.6. The molecule has 6 nitrogen and oxygen atoms in total. The number of carbonyl (C=O) groups is 2. The fraction of sp³-hybridized carbons (Fsp3) is 0.176. The minimum atomic E-state index is -0.377. The SMILES string of the molecule is COc1ccc(NC(=O)COc2ccc(Br)cc2C=O)c(OC)c1. The number of rotatable bonds is 7. The highest BCUT2D eigenvalue weighted by molar-refractivity contribution is 9.10. The molecular formula is C17H16BrNO5. The van der Waals surface area contributed by atoms with E-state index < -0.39 is 0 Å². The summed E-state index contributed by atoms with van der Waals surface area (Å²) in [6.07, 6.45) is 0.671. The maximum Gasteiger partial charge on any atom is 0.262 e. The minimum Gasteiger partial charge on any atom is -0.497 e. The van der Waals surface area contributed by atoms with Crippen molar-refractivity contribution in [2.24, 2.45) is 0 Å². The fourth-order valence-electron chi connectivity index (χ4n) is 1.97. The Morgan fingerprint density at radius 2 is 1.92 bits per heavy atom. The predicted molar refractivity (Wildman–Crippen MR) is 93.2 cm³/mol. The van der Waals surface area contributed by atoms with Gasteiger partial charge in [-0.3, -0.25) is 9.59 Å². The molecule has 0 aliphatic rings. The third-order valence-corrected chi connectivity index (χ3v) is 3.63. The van der Waals surface area contributed by atoms with Crippen LogP contribution in [0.15, 0.2) is 40.9 Å². The van der Waals surface area contributed by atoms with Crippen molar-refractivity contribution in [3.05, 3.63) is 46.4 Å². The Morgan fingerprint density at radius 3 is 2.58 bits per heavy atom. The summed E-state index contributed by atoms with van der Waals surface area (Å²) in [5, 5.41) is 2.69. The summed E-state index contributed by atoms with van der Waals surface area (Å²) >= 11 is 3.27. The van der Waals surface area contributed by atoms with Crippen LogP contribution in [0.1, 0.15) is 10.4 Å². The summed E-state index contributed by atoms with van der Waals surface area (Å²) < 4.78 is 16.5. The second-order valence-electron chi connectivity index (χ2n) is 4.70. The van der Waals surface area contributed by atoms with Crippen molar-refractivity contribution >= 4 is 33.8 Å². The lowest BCUT2D eigenvalue weighted by atomic mass is 10.2.